The molecule has 0 radical (unpaired) electrons. The minimum Gasteiger partial charge on any atom is -0.364 e. The van der Waals surface area contributed by atoms with E-state index in [2.05, 4.69) is 15.5 Å². The third kappa shape index (κ3) is 3.15. The maximum atomic E-state index is 12.3. The molecule has 0 aliphatic carbocycles. The average molecular weight is 314 g/mol. The number of halogens is 1. The molecule has 2 aromatic heterocycles. The fourth-order valence-corrected chi connectivity index (χ4v) is 2.29. The molecule has 5 nitrogen and oxygen atoms in total. The van der Waals surface area contributed by atoms with Gasteiger partial charge in [0.15, 0.2) is 5.69 Å². The molecule has 22 heavy (non-hydrogen) atoms. The second-order valence-corrected chi connectivity index (χ2v) is 5.04. The van der Waals surface area contributed by atoms with E-state index < -0.39 is 6.04 Å². The molecule has 0 saturated heterocycles. The van der Waals surface area contributed by atoms with E-state index >= 15 is 0 Å². The number of hydrogen-bond donors (Lipinski definition) is 1. The zero-order valence-corrected chi connectivity index (χ0v) is 12.2. The number of amides is 1. The summed E-state index contributed by atoms with van der Waals surface area (Å²) in [6.07, 6.45) is 3.03. The second-order valence-electron chi connectivity index (χ2n) is 4.60. The van der Waals surface area contributed by atoms with Crippen LogP contribution in [0.2, 0.25) is 5.02 Å². The molecule has 110 valence electrons. The Bertz CT molecular complexity index is 760. The third-order valence-electron chi connectivity index (χ3n) is 3.11. The third-order valence-corrected chi connectivity index (χ3v) is 3.35. The number of carbonyl (C=O) groups is 1. The number of pyridine rings is 1. The van der Waals surface area contributed by atoms with Gasteiger partial charge in [0, 0.05) is 17.3 Å². The highest BCUT2D eigenvalue weighted by Crippen LogP contribution is 2.23. The number of hydrogen-bond acceptors (Lipinski definition) is 4. The van der Waals surface area contributed by atoms with Crippen LogP contribution < -0.4 is 5.32 Å². The van der Waals surface area contributed by atoms with Gasteiger partial charge in [-0.2, -0.15) is 0 Å². The molecular weight excluding hydrogens is 302 g/mol. The Morgan fingerprint density at radius 1 is 1.18 bits per heavy atom. The van der Waals surface area contributed by atoms with Crippen LogP contribution in [0.4, 0.5) is 0 Å². The Morgan fingerprint density at radius 2 is 2.09 bits per heavy atom. The molecule has 1 amide bonds. The van der Waals surface area contributed by atoms with Crippen molar-refractivity contribution < 1.29 is 9.32 Å². The predicted octanol–water partition coefficient (Wildman–Crippen LogP) is 3.24. The van der Waals surface area contributed by atoms with Crippen LogP contribution in [0.15, 0.2) is 65.5 Å². The summed E-state index contributed by atoms with van der Waals surface area (Å²) in [4.78, 5) is 16.6. The highest BCUT2D eigenvalue weighted by Gasteiger charge is 2.20. The van der Waals surface area contributed by atoms with Crippen LogP contribution in [0.3, 0.4) is 0 Å². The van der Waals surface area contributed by atoms with Crippen molar-refractivity contribution in [1.82, 2.24) is 15.5 Å². The fourth-order valence-electron chi connectivity index (χ4n) is 2.10. The first-order valence-electron chi connectivity index (χ1n) is 6.61. The molecule has 0 spiro atoms. The van der Waals surface area contributed by atoms with E-state index in [0.717, 1.165) is 5.56 Å². The molecule has 1 aromatic carbocycles. The minimum atomic E-state index is -0.427. The van der Waals surface area contributed by atoms with Crippen molar-refractivity contribution in [2.75, 3.05) is 0 Å². The molecular formula is C16H12ClN3O2. The van der Waals surface area contributed by atoms with Crippen LogP contribution >= 0.6 is 11.6 Å². The molecule has 1 N–H and O–H groups in total. The second kappa shape index (κ2) is 6.41. The van der Waals surface area contributed by atoms with Gasteiger partial charge in [-0.1, -0.05) is 35.0 Å². The highest BCUT2D eigenvalue weighted by molar-refractivity contribution is 6.30. The minimum absolute atomic E-state index is 0.211. The lowest BCUT2D eigenvalue weighted by molar-refractivity contribution is 0.0933. The highest BCUT2D eigenvalue weighted by atomic mass is 35.5. The van der Waals surface area contributed by atoms with Crippen LogP contribution in [0, 0.1) is 0 Å². The van der Waals surface area contributed by atoms with Crippen molar-refractivity contribution in [1.29, 1.82) is 0 Å². The van der Waals surface area contributed by atoms with E-state index in [9.17, 15) is 4.79 Å². The zero-order chi connectivity index (χ0) is 15.4. The predicted molar refractivity (Wildman–Crippen MR) is 81.5 cm³/mol. The average Bonchev–Trinajstić information content (AvgIpc) is 3.08. The lowest BCUT2D eigenvalue weighted by atomic mass is 10.0. The van der Waals surface area contributed by atoms with Crippen molar-refractivity contribution in [2.24, 2.45) is 0 Å². The molecule has 0 fully saturated rings. The number of nitrogens with zero attached hydrogens (tertiary/aromatic N) is 2. The summed E-state index contributed by atoms with van der Waals surface area (Å²) in [6, 6.07) is 13.9. The van der Waals surface area contributed by atoms with Crippen LogP contribution in [-0.2, 0) is 0 Å². The summed E-state index contributed by atoms with van der Waals surface area (Å²) in [6.45, 7) is 0. The smallest absolute Gasteiger partial charge is 0.274 e. The van der Waals surface area contributed by atoms with E-state index in [1.165, 1.54) is 12.3 Å². The van der Waals surface area contributed by atoms with Crippen LogP contribution in [0.5, 0.6) is 0 Å². The van der Waals surface area contributed by atoms with Crippen LogP contribution in [0.25, 0.3) is 0 Å². The largest absolute Gasteiger partial charge is 0.364 e. The van der Waals surface area contributed by atoms with Crippen LogP contribution in [0.1, 0.15) is 27.8 Å². The van der Waals surface area contributed by atoms with Gasteiger partial charge < -0.3 is 9.84 Å². The SMILES string of the molecule is O=C(N[C@@H](c1cccc(Cl)c1)c1ccccn1)c1ccon1. The molecule has 0 saturated carbocycles. The maximum Gasteiger partial charge on any atom is 0.274 e. The zero-order valence-electron chi connectivity index (χ0n) is 11.4. The Morgan fingerprint density at radius 3 is 2.77 bits per heavy atom. The van der Waals surface area contributed by atoms with Gasteiger partial charge in [0.05, 0.1) is 11.7 Å². The van der Waals surface area contributed by atoms with Gasteiger partial charge in [-0.25, -0.2) is 0 Å². The summed E-state index contributed by atoms with van der Waals surface area (Å²) >= 11 is 6.05. The van der Waals surface area contributed by atoms with Crippen molar-refractivity contribution in [3.05, 3.63) is 83.0 Å². The standard InChI is InChI=1S/C16H12ClN3O2/c17-12-5-3-4-11(10-12)15(13-6-1-2-8-18-13)19-16(21)14-7-9-22-20-14/h1-10,15H,(H,19,21)/t15-/m0/s1. The van der Waals surface area contributed by atoms with Gasteiger partial charge in [0.25, 0.3) is 5.91 Å². The first-order valence-corrected chi connectivity index (χ1v) is 6.99. The number of aromatic nitrogens is 2. The van der Waals surface area contributed by atoms with Crippen molar-refractivity contribution in [3.63, 3.8) is 0 Å². The topological polar surface area (TPSA) is 68.0 Å². The van der Waals surface area contributed by atoms with Crippen molar-refractivity contribution in [2.45, 2.75) is 6.04 Å². The van der Waals surface area contributed by atoms with Gasteiger partial charge in [-0.05, 0) is 29.8 Å². The first-order chi connectivity index (χ1) is 10.7. The van der Waals surface area contributed by atoms with E-state index in [0.29, 0.717) is 10.7 Å². The molecule has 1 atom stereocenters. The Kier molecular flexibility index (Phi) is 4.16. The van der Waals surface area contributed by atoms with Crippen molar-refractivity contribution >= 4 is 17.5 Å². The Labute approximate surface area is 131 Å². The van der Waals surface area contributed by atoms with Gasteiger partial charge in [0.1, 0.15) is 6.26 Å². The Balaban J connectivity index is 1.95. The molecule has 3 aromatic rings. The van der Waals surface area contributed by atoms with Gasteiger partial charge in [-0.15, -0.1) is 0 Å². The molecule has 0 unspecified atom stereocenters. The number of carbonyl (C=O) groups excluding carboxylic acids is 1. The van der Waals surface area contributed by atoms with E-state index in [1.54, 1.807) is 18.3 Å². The van der Waals surface area contributed by atoms with Crippen LogP contribution in [-0.4, -0.2) is 16.0 Å². The molecule has 0 aliphatic heterocycles. The monoisotopic (exact) mass is 313 g/mol. The summed E-state index contributed by atoms with van der Waals surface area (Å²) in [5, 5.41) is 7.13. The lowest BCUT2D eigenvalue weighted by Crippen LogP contribution is -2.30. The van der Waals surface area contributed by atoms with E-state index in [1.807, 2.05) is 30.3 Å². The van der Waals surface area contributed by atoms with E-state index in [4.69, 9.17) is 16.1 Å². The first kappa shape index (κ1) is 14.3. The van der Waals surface area contributed by atoms with Gasteiger partial charge in [-0.3, -0.25) is 9.78 Å². The summed E-state index contributed by atoms with van der Waals surface area (Å²) < 4.78 is 4.70. The molecule has 0 bridgehead atoms. The molecule has 0 aliphatic rings. The number of rotatable bonds is 4. The van der Waals surface area contributed by atoms with Gasteiger partial charge >= 0.3 is 0 Å². The molecule has 2 heterocycles. The van der Waals surface area contributed by atoms with Crippen molar-refractivity contribution in [3.8, 4) is 0 Å². The summed E-state index contributed by atoms with van der Waals surface area (Å²) in [7, 11) is 0. The normalized spacial score (nSPS) is 11.9. The molecule has 3 rings (SSSR count). The quantitative estimate of drug-likeness (QED) is 0.803. The number of nitrogens with one attached hydrogen (secondary N) is 1. The summed E-state index contributed by atoms with van der Waals surface area (Å²) in [5.41, 5.74) is 1.76. The summed E-state index contributed by atoms with van der Waals surface area (Å²) in [5.74, 6) is -0.343. The Hall–Kier alpha value is -2.66. The van der Waals surface area contributed by atoms with E-state index in [-0.39, 0.29) is 11.6 Å². The van der Waals surface area contributed by atoms with Gasteiger partial charge in [0.2, 0.25) is 0 Å². The fraction of sp³-hybridized carbons (Fsp3) is 0.0625. The lowest BCUT2D eigenvalue weighted by Gasteiger charge is -2.18. The number of benzene rings is 1. The molecule has 6 heteroatoms. The maximum absolute atomic E-state index is 12.3.